The van der Waals surface area contributed by atoms with Gasteiger partial charge < -0.3 is 10.2 Å². The second-order valence-corrected chi connectivity index (χ2v) is 7.94. The summed E-state index contributed by atoms with van der Waals surface area (Å²) in [5.41, 5.74) is 5.65. The first-order chi connectivity index (χ1) is 13.7. The first-order valence-corrected chi connectivity index (χ1v) is 10.4. The van der Waals surface area contributed by atoms with E-state index in [-0.39, 0.29) is 5.75 Å². The molecule has 4 rings (SSSR count). The number of phenols is 2. The SMILES string of the molecule is Oc1ccc(-c2ccc(-c3ccc(O)c(C4CCCCCCC4)c3)cc2)cc1. The summed E-state index contributed by atoms with van der Waals surface area (Å²) in [5, 5.41) is 20.0. The Morgan fingerprint density at radius 1 is 0.536 bits per heavy atom. The highest BCUT2D eigenvalue weighted by atomic mass is 16.3. The summed E-state index contributed by atoms with van der Waals surface area (Å²) in [6.07, 6.45) is 8.86. The normalized spacial score (nSPS) is 15.7. The van der Waals surface area contributed by atoms with Crippen molar-refractivity contribution in [2.75, 3.05) is 0 Å². The highest BCUT2D eigenvalue weighted by Crippen LogP contribution is 2.38. The van der Waals surface area contributed by atoms with Crippen molar-refractivity contribution in [1.82, 2.24) is 0 Å². The van der Waals surface area contributed by atoms with E-state index in [1.807, 2.05) is 24.3 Å². The quantitative estimate of drug-likeness (QED) is 0.508. The van der Waals surface area contributed by atoms with Gasteiger partial charge in [-0.05, 0) is 70.8 Å². The van der Waals surface area contributed by atoms with Gasteiger partial charge >= 0.3 is 0 Å². The summed E-state index contributed by atoms with van der Waals surface area (Å²) >= 11 is 0. The lowest BCUT2D eigenvalue weighted by Crippen LogP contribution is -2.03. The smallest absolute Gasteiger partial charge is 0.119 e. The monoisotopic (exact) mass is 372 g/mol. The van der Waals surface area contributed by atoms with Gasteiger partial charge in [0.05, 0.1) is 0 Å². The van der Waals surface area contributed by atoms with Crippen LogP contribution in [0.5, 0.6) is 11.5 Å². The van der Waals surface area contributed by atoms with Crippen molar-refractivity contribution in [3.63, 3.8) is 0 Å². The molecule has 3 aromatic rings. The lowest BCUT2D eigenvalue weighted by Gasteiger charge is -2.21. The Kier molecular flexibility index (Phi) is 5.66. The summed E-state index contributed by atoms with van der Waals surface area (Å²) in [7, 11) is 0. The number of hydrogen-bond acceptors (Lipinski definition) is 2. The Labute approximate surface area is 167 Å². The van der Waals surface area contributed by atoms with Crippen molar-refractivity contribution >= 4 is 0 Å². The molecule has 0 amide bonds. The number of benzene rings is 3. The van der Waals surface area contributed by atoms with E-state index in [9.17, 15) is 10.2 Å². The number of rotatable bonds is 3. The molecule has 0 radical (unpaired) electrons. The van der Waals surface area contributed by atoms with E-state index >= 15 is 0 Å². The second-order valence-electron chi connectivity index (χ2n) is 7.94. The minimum atomic E-state index is 0.284. The summed E-state index contributed by atoms with van der Waals surface area (Å²) in [4.78, 5) is 0. The van der Waals surface area contributed by atoms with E-state index in [2.05, 4.69) is 30.3 Å². The minimum Gasteiger partial charge on any atom is -0.508 e. The molecule has 0 bridgehead atoms. The highest BCUT2D eigenvalue weighted by molar-refractivity contribution is 5.71. The van der Waals surface area contributed by atoms with Crippen LogP contribution in [0.1, 0.15) is 56.4 Å². The third-order valence-corrected chi connectivity index (χ3v) is 5.99. The van der Waals surface area contributed by atoms with Crippen LogP contribution in [-0.2, 0) is 0 Å². The molecule has 1 aliphatic carbocycles. The van der Waals surface area contributed by atoms with Gasteiger partial charge in [-0.15, -0.1) is 0 Å². The fraction of sp³-hybridized carbons (Fsp3) is 0.308. The maximum absolute atomic E-state index is 10.5. The Morgan fingerprint density at radius 2 is 1.00 bits per heavy atom. The molecule has 2 heteroatoms. The van der Waals surface area contributed by atoms with Crippen LogP contribution in [0.2, 0.25) is 0 Å². The van der Waals surface area contributed by atoms with Gasteiger partial charge in [0.1, 0.15) is 11.5 Å². The molecule has 144 valence electrons. The average molecular weight is 373 g/mol. The van der Waals surface area contributed by atoms with E-state index in [1.54, 1.807) is 12.1 Å². The van der Waals surface area contributed by atoms with Crippen LogP contribution in [0, 0.1) is 0 Å². The van der Waals surface area contributed by atoms with Crippen molar-refractivity contribution in [1.29, 1.82) is 0 Å². The van der Waals surface area contributed by atoms with Gasteiger partial charge in [-0.2, -0.15) is 0 Å². The number of hydrogen-bond donors (Lipinski definition) is 2. The molecule has 28 heavy (non-hydrogen) atoms. The number of phenolic OH excluding ortho intramolecular Hbond substituents is 2. The Balaban J connectivity index is 1.59. The van der Waals surface area contributed by atoms with Crippen molar-refractivity contribution < 1.29 is 10.2 Å². The lowest BCUT2D eigenvalue weighted by atomic mass is 9.84. The van der Waals surface area contributed by atoms with Gasteiger partial charge in [-0.25, -0.2) is 0 Å². The zero-order valence-corrected chi connectivity index (χ0v) is 16.3. The second kappa shape index (κ2) is 8.52. The Hall–Kier alpha value is -2.74. The van der Waals surface area contributed by atoms with E-state index in [1.165, 1.54) is 44.9 Å². The van der Waals surface area contributed by atoms with Crippen LogP contribution in [0.3, 0.4) is 0 Å². The summed E-state index contributed by atoms with van der Waals surface area (Å²) in [6.45, 7) is 0. The fourth-order valence-electron chi connectivity index (χ4n) is 4.34. The van der Waals surface area contributed by atoms with Crippen LogP contribution in [0.15, 0.2) is 66.7 Å². The number of aromatic hydroxyl groups is 2. The van der Waals surface area contributed by atoms with Gasteiger partial charge in [-0.3, -0.25) is 0 Å². The van der Waals surface area contributed by atoms with Crippen molar-refractivity contribution in [2.45, 2.75) is 50.9 Å². The molecule has 0 heterocycles. The van der Waals surface area contributed by atoms with Crippen LogP contribution in [-0.4, -0.2) is 10.2 Å². The van der Waals surface area contributed by atoms with Gasteiger partial charge in [0, 0.05) is 0 Å². The molecule has 0 aliphatic heterocycles. The molecule has 2 N–H and O–H groups in total. The maximum Gasteiger partial charge on any atom is 0.119 e. The molecule has 1 saturated carbocycles. The Morgan fingerprint density at radius 3 is 1.61 bits per heavy atom. The largest absolute Gasteiger partial charge is 0.508 e. The van der Waals surface area contributed by atoms with Gasteiger partial charge in [0.25, 0.3) is 0 Å². The van der Waals surface area contributed by atoms with Crippen molar-refractivity contribution in [3.05, 3.63) is 72.3 Å². The minimum absolute atomic E-state index is 0.284. The summed E-state index contributed by atoms with van der Waals surface area (Å²) in [6, 6.07) is 21.8. The average Bonchev–Trinajstić information content (AvgIpc) is 2.69. The van der Waals surface area contributed by atoms with Gasteiger partial charge in [0.2, 0.25) is 0 Å². The molecule has 3 aromatic carbocycles. The predicted octanol–water partition coefficient (Wildman–Crippen LogP) is 7.26. The first-order valence-electron chi connectivity index (χ1n) is 10.4. The van der Waals surface area contributed by atoms with E-state index < -0.39 is 0 Å². The molecular weight excluding hydrogens is 344 g/mol. The molecule has 2 nitrogen and oxygen atoms in total. The summed E-state index contributed by atoms with van der Waals surface area (Å²) < 4.78 is 0. The lowest BCUT2D eigenvalue weighted by molar-refractivity contribution is 0.424. The van der Waals surface area contributed by atoms with E-state index in [0.29, 0.717) is 11.7 Å². The maximum atomic E-state index is 10.5. The fourth-order valence-corrected chi connectivity index (χ4v) is 4.34. The molecule has 0 aromatic heterocycles. The molecule has 1 fully saturated rings. The summed E-state index contributed by atoms with van der Waals surface area (Å²) in [5.74, 6) is 1.19. The predicted molar refractivity (Wildman–Crippen MR) is 116 cm³/mol. The standard InChI is InChI=1S/C26H28O2/c27-24-15-12-20(13-16-24)19-8-10-21(11-9-19)23-14-17-26(28)25(18-23)22-6-4-2-1-3-5-7-22/h8-18,22,27-28H,1-7H2. The highest BCUT2D eigenvalue weighted by Gasteiger charge is 2.17. The molecular formula is C26H28O2. The van der Waals surface area contributed by atoms with Gasteiger partial charge in [0.15, 0.2) is 0 Å². The topological polar surface area (TPSA) is 40.5 Å². The Bertz CT molecular complexity index is 902. The third kappa shape index (κ3) is 4.22. The first kappa shape index (κ1) is 18.6. The zero-order valence-electron chi connectivity index (χ0n) is 16.3. The van der Waals surface area contributed by atoms with Crippen LogP contribution in [0.4, 0.5) is 0 Å². The molecule has 0 spiro atoms. The molecule has 0 unspecified atom stereocenters. The van der Waals surface area contributed by atoms with Crippen LogP contribution in [0.25, 0.3) is 22.3 Å². The third-order valence-electron chi connectivity index (χ3n) is 5.99. The van der Waals surface area contributed by atoms with Crippen LogP contribution < -0.4 is 0 Å². The zero-order chi connectivity index (χ0) is 19.3. The van der Waals surface area contributed by atoms with Crippen molar-refractivity contribution in [2.24, 2.45) is 0 Å². The molecule has 1 aliphatic rings. The van der Waals surface area contributed by atoms with Gasteiger partial charge in [-0.1, -0.05) is 74.6 Å². The molecule has 0 saturated heterocycles. The van der Waals surface area contributed by atoms with Crippen LogP contribution >= 0.6 is 0 Å². The van der Waals surface area contributed by atoms with Crippen molar-refractivity contribution in [3.8, 4) is 33.8 Å². The van der Waals surface area contributed by atoms with E-state index in [4.69, 9.17) is 0 Å². The van der Waals surface area contributed by atoms with E-state index in [0.717, 1.165) is 27.8 Å². The molecule has 0 atom stereocenters.